The normalized spacial score (nSPS) is 12.7. The number of hydrogen-bond acceptors (Lipinski definition) is 3. The summed E-state index contributed by atoms with van der Waals surface area (Å²) in [6, 6.07) is 11.4. The van der Waals surface area contributed by atoms with Crippen molar-refractivity contribution in [3.63, 3.8) is 0 Å². The number of nitrogens with one attached hydrogen (secondary N) is 1. The number of rotatable bonds is 4. The first-order chi connectivity index (χ1) is 9.75. The first kappa shape index (κ1) is 13.6. The molecule has 1 heterocycles. The minimum atomic E-state index is 0.280. The summed E-state index contributed by atoms with van der Waals surface area (Å²) < 4.78 is 10.8. The van der Waals surface area contributed by atoms with Crippen molar-refractivity contribution in [1.29, 1.82) is 0 Å². The molecule has 0 fully saturated rings. The summed E-state index contributed by atoms with van der Waals surface area (Å²) in [6.45, 7) is 1.54. The maximum atomic E-state index is 6.14. The Bertz CT molecular complexity index is 611. The number of para-hydroxylation sites is 1. The third-order valence-corrected chi connectivity index (χ3v) is 3.87. The van der Waals surface area contributed by atoms with E-state index in [2.05, 4.69) is 5.32 Å². The quantitative estimate of drug-likeness (QED) is 0.925. The van der Waals surface area contributed by atoms with Gasteiger partial charge < -0.3 is 14.8 Å². The van der Waals surface area contributed by atoms with Gasteiger partial charge in [0.15, 0.2) is 11.5 Å². The zero-order valence-corrected chi connectivity index (χ0v) is 12.2. The molecule has 0 bridgehead atoms. The van der Waals surface area contributed by atoms with Crippen molar-refractivity contribution in [2.24, 2.45) is 0 Å². The molecule has 0 saturated carbocycles. The van der Waals surface area contributed by atoms with E-state index < -0.39 is 0 Å². The Kier molecular flexibility index (Phi) is 4.01. The van der Waals surface area contributed by atoms with Crippen LogP contribution in [0.2, 0.25) is 10.0 Å². The van der Waals surface area contributed by atoms with Crippen LogP contribution in [0.1, 0.15) is 11.1 Å². The van der Waals surface area contributed by atoms with Gasteiger partial charge in [0.25, 0.3) is 0 Å². The Balaban J connectivity index is 1.68. The van der Waals surface area contributed by atoms with Gasteiger partial charge in [-0.15, -0.1) is 0 Å². The van der Waals surface area contributed by atoms with Crippen LogP contribution in [0.25, 0.3) is 0 Å². The molecule has 0 amide bonds. The number of ether oxygens (including phenoxy) is 2. The first-order valence-electron chi connectivity index (χ1n) is 6.27. The Labute approximate surface area is 127 Å². The van der Waals surface area contributed by atoms with Gasteiger partial charge in [-0.25, -0.2) is 0 Å². The minimum Gasteiger partial charge on any atom is -0.454 e. The third-order valence-electron chi connectivity index (χ3n) is 3.16. The average molecular weight is 310 g/mol. The van der Waals surface area contributed by atoms with Gasteiger partial charge in [0.2, 0.25) is 6.79 Å². The highest BCUT2D eigenvalue weighted by atomic mass is 35.5. The lowest BCUT2D eigenvalue weighted by atomic mass is 10.1. The van der Waals surface area contributed by atoms with Crippen molar-refractivity contribution in [2.75, 3.05) is 6.79 Å². The van der Waals surface area contributed by atoms with Crippen LogP contribution >= 0.6 is 23.2 Å². The molecule has 1 aliphatic rings. The van der Waals surface area contributed by atoms with Gasteiger partial charge in [0.05, 0.1) is 0 Å². The number of halogens is 2. The second-order valence-corrected chi connectivity index (χ2v) is 5.27. The molecule has 5 heteroatoms. The molecule has 3 nitrogen and oxygen atoms in total. The Morgan fingerprint density at radius 2 is 1.70 bits per heavy atom. The van der Waals surface area contributed by atoms with Crippen LogP contribution in [0.5, 0.6) is 11.5 Å². The van der Waals surface area contributed by atoms with Gasteiger partial charge in [-0.2, -0.15) is 0 Å². The predicted molar refractivity (Wildman–Crippen MR) is 79.6 cm³/mol. The van der Waals surface area contributed by atoms with Gasteiger partial charge >= 0.3 is 0 Å². The van der Waals surface area contributed by atoms with Crippen LogP contribution < -0.4 is 14.8 Å². The Morgan fingerprint density at radius 3 is 2.50 bits per heavy atom. The summed E-state index contributed by atoms with van der Waals surface area (Å²) in [5.74, 6) is 1.60. The molecule has 20 heavy (non-hydrogen) atoms. The molecular weight excluding hydrogens is 297 g/mol. The maximum Gasteiger partial charge on any atom is 0.231 e. The molecule has 0 atom stereocenters. The number of benzene rings is 2. The maximum absolute atomic E-state index is 6.14. The first-order valence-corrected chi connectivity index (χ1v) is 7.02. The molecule has 2 aromatic rings. The molecule has 3 rings (SSSR count). The van der Waals surface area contributed by atoms with Crippen LogP contribution in [-0.2, 0) is 13.1 Å². The highest BCUT2D eigenvalue weighted by molar-refractivity contribution is 6.35. The van der Waals surface area contributed by atoms with Crippen LogP contribution in [0.15, 0.2) is 36.4 Å². The lowest BCUT2D eigenvalue weighted by Gasteiger charge is -2.10. The Morgan fingerprint density at radius 1 is 0.950 bits per heavy atom. The third kappa shape index (κ3) is 2.70. The molecular formula is C15H13Cl2NO2. The van der Waals surface area contributed by atoms with Crippen molar-refractivity contribution in [3.8, 4) is 11.5 Å². The predicted octanol–water partition coefficient (Wildman–Crippen LogP) is 4.01. The molecule has 0 unspecified atom stereocenters. The topological polar surface area (TPSA) is 30.5 Å². The molecule has 0 spiro atoms. The van der Waals surface area contributed by atoms with E-state index in [1.54, 1.807) is 0 Å². The fourth-order valence-corrected chi connectivity index (χ4v) is 2.68. The summed E-state index contributed by atoms with van der Waals surface area (Å²) in [7, 11) is 0. The van der Waals surface area contributed by atoms with Gasteiger partial charge in [-0.05, 0) is 18.2 Å². The molecule has 0 saturated heterocycles. The van der Waals surface area contributed by atoms with E-state index in [1.165, 1.54) is 0 Å². The molecule has 104 valence electrons. The lowest BCUT2D eigenvalue weighted by Crippen LogP contribution is -2.13. The summed E-state index contributed by atoms with van der Waals surface area (Å²) in [5, 5.41) is 4.66. The van der Waals surface area contributed by atoms with E-state index in [9.17, 15) is 0 Å². The van der Waals surface area contributed by atoms with Crippen molar-refractivity contribution in [1.82, 2.24) is 5.32 Å². The SMILES string of the molecule is Clc1cccc(Cl)c1CNCc1cccc2c1OCO2. The molecule has 1 N–H and O–H groups in total. The van der Waals surface area contributed by atoms with Crippen LogP contribution in [0, 0.1) is 0 Å². The van der Waals surface area contributed by atoms with Crippen LogP contribution in [0.4, 0.5) is 0 Å². The van der Waals surface area contributed by atoms with Crippen molar-refractivity contribution < 1.29 is 9.47 Å². The molecule has 1 aliphatic heterocycles. The smallest absolute Gasteiger partial charge is 0.231 e. The zero-order valence-electron chi connectivity index (χ0n) is 10.7. The average Bonchev–Trinajstić information content (AvgIpc) is 2.91. The van der Waals surface area contributed by atoms with Crippen molar-refractivity contribution in [3.05, 3.63) is 57.6 Å². The largest absolute Gasteiger partial charge is 0.454 e. The Hall–Kier alpha value is -1.42. The second kappa shape index (κ2) is 5.92. The standard InChI is InChI=1S/C15H13Cl2NO2/c16-12-4-2-5-13(17)11(12)8-18-7-10-3-1-6-14-15(10)20-9-19-14/h1-6,18H,7-9H2. The number of hydrogen-bond donors (Lipinski definition) is 1. The monoisotopic (exact) mass is 309 g/mol. The summed E-state index contributed by atoms with van der Waals surface area (Å²) >= 11 is 12.3. The summed E-state index contributed by atoms with van der Waals surface area (Å²) in [5.41, 5.74) is 1.96. The van der Waals surface area contributed by atoms with Crippen molar-refractivity contribution in [2.45, 2.75) is 13.1 Å². The van der Waals surface area contributed by atoms with E-state index in [-0.39, 0.29) is 6.79 Å². The van der Waals surface area contributed by atoms with E-state index in [0.29, 0.717) is 23.1 Å². The minimum absolute atomic E-state index is 0.280. The summed E-state index contributed by atoms with van der Waals surface area (Å²) in [6.07, 6.45) is 0. The van der Waals surface area contributed by atoms with E-state index in [0.717, 1.165) is 22.6 Å². The van der Waals surface area contributed by atoms with Gasteiger partial charge in [0, 0.05) is 34.3 Å². The highest BCUT2D eigenvalue weighted by Gasteiger charge is 2.16. The van der Waals surface area contributed by atoms with Gasteiger partial charge in [-0.1, -0.05) is 41.4 Å². The summed E-state index contributed by atoms with van der Waals surface area (Å²) in [4.78, 5) is 0. The van der Waals surface area contributed by atoms with Crippen LogP contribution in [-0.4, -0.2) is 6.79 Å². The fourth-order valence-electron chi connectivity index (χ4n) is 2.15. The number of fused-ring (bicyclic) bond motifs is 1. The molecule has 0 aromatic heterocycles. The molecule has 0 aliphatic carbocycles. The van der Waals surface area contributed by atoms with Gasteiger partial charge in [0.1, 0.15) is 0 Å². The van der Waals surface area contributed by atoms with Gasteiger partial charge in [-0.3, -0.25) is 0 Å². The lowest BCUT2D eigenvalue weighted by molar-refractivity contribution is 0.173. The molecule has 2 aromatic carbocycles. The second-order valence-electron chi connectivity index (χ2n) is 4.45. The fraction of sp³-hybridized carbons (Fsp3) is 0.200. The highest BCUT2D eigenvalue weighted by Crippen LogP contribution is 2.35. The van der Waals surface area contributed by atoms with E-state index in [1.807, 2.05) is 36.4 Å². The van der Waals surface area contributed by atoms with Crippen molar-refractivity contribution >= 4 is 23.2 Å². The van der Waals surface area contributed by atoms with Crippen LogP contribution in [0.3, 0.4) is 0 Å². The molecule has 0 radical (unpaired) electrons. The van der Waals surface area contributed by atoms with E-state index in [4.69, 9.17) is 32.7 Å². The van der Waals surface area contributed by atoms with E-state index >= 15 is 0 Å². The zero-order chi connectivity index (χ0) is 13.9.